The number of halogens is 15. The second kappa shape index (κ2) is 12.3. The Labute approximate surface area is 247 Å². The predicted octanol–water partition coefficient (Wildman–Crippen LogP) is 8.19. The average Bonchev–Trinajstić information content (AvgIpc) is 2.81. The average molecular weight is 770 g/mol. The van der Waals surface area contributed by atoms with E-state index >= 15 is 0 Å². The molecule has 0 radical (unpaired) electrons. The second-order valence-corrected chi connectivity index (χ2v) is 10.6. The van der Waals surface area contributed by atoms with Crippen molar-refractivity contribution in [3.8, 4) is 0 Å². The number of ketones is 4. The molecule has 236 valence electrons. The first-order valence-corrected chi connectivity index (χ1v) is 12.5. The molecule has 0 amide bonds. The third-order valence-corrected chi connectivity index (χ3v) is 6.53. The smallest absolute Gasteiger partial charge is 0.298 e. The van der Waals surface area contributed by atoms with E-state index in [1.54, 1.807) is 0 Å². The number of hydrogen-bond acceptors (Lipinski definition) is 4. The third kappa shape index (κ3) is 7.29. The molecule has 1 fully saturated rings. The molecule has 2 aromatic carbocycles. The van der Waals surface area contributed by atoms with E-state index in [0.717, 1.165) is 0 Å². The molecule has 43 heavy (non-hydrogen) atoms. The lowest BCUT2D eigenvalue weighted by Gasteiger charge is -2.49. The van der Waals surface area contributed by atoms with Crippen molar-refractivity contribution in [2.45, 2.75) is 42.7 Å². The van der Waals surface area contributed by atoms with Crippen LogP contribution in [0.5, 0.6) is 0 Å². The van der Waals surface area contributed by atoms with E-state index in [4.69, 9.17) is 0 Å². The molecule has 0 atom stereocenters. The zero-order valence-electron chi connectivity index (χ0n) is 20.3. The van der Waals surface area contributed by atoms with Crippen LogP contribution in [-0.2, 0) is 9.59 Å². The van der Waals surface area contributed by atoms with Gasteiger partial charge in [0, 0.05) is 26.1 Å². The monoisotopic (exact) mass is 768 g/mol. The highest BCUT2D eigenvalue weighted by Gasteiger charge is 2.91. The number of rotatable bonds is 8. The molecule has 1 aliphatic rings. The van der Waals surface area contributed by atoms with Gasteiger partial charge in [-0.2, -0.15) is 48.3 Å². The molecular formula is C24H11Br2F13O4. The van der Waals surface area contributed by atoms with Crippen LogP contribution in [0, 0.1) is 17.6 Å². The first kappa shape index (κ1) is 36.4. The number of carbonyl (C=O) groups is 4. The first-order chi connectivity index (χ1) is 19.3. The number of benzene rings is 2. The van der Waals surface area contributed by atoms with Crippen LogP contribution in [0.25, 0.3) is 0 Å². The molecule has 1 aliphatic carbocycles. The minimum atomic E-state index is -6.01. The Morgan fingerprint density at radius 3 is 1.47 bits per heavy atom. The van der Waals surface area contributed by atoms with Crippen molar-refractivity contribution >= 4 is 55.0 Å². The van der Waals surface area contributed by atoms with E-state index in [9.17, 15) is 76.3 Å². The maximum atomic E-state index is 13.0. The molecule has 0 bridgehead atoms. The van der Waals surface area contributed by atoms with Crippen molar-refractivity contribution < 1.29 is 76.3 Å². The Bertz CT molecular complexity index is 1400. The number of carbonyl (C=O) groups excluding carboxylic acids is 4. The molecule has 0 heterocycles. The van der Waals surface area contributed by atoms with Gasteiger partial charge in [0.2, 0.25) is 5.78 Å². The fourth-order valence-electron chi connectivity index (χ4n) is 3.45. The standard InChI is InChI=1S/C13H6F8O2.C11H5Br2F5O2/c14-6-1-5(2-7(15)3-6)8(22)4-9(23)10-11(16,17)13(20,21)12(10,18)19;12-6-1-5(2-7(13)3-6)8(19)4-9(20)10(14,15)11(16,17)18/h1-3,10H,4H2;1-3H,4H2. The van der Waals surface area contributed by atoms with Gasteiger partial charge in [0.05, 0.1) is 12.8 Å². The molecule has 0 spiro atoms. The fraction of sp³-hybridized carbons (Fsp3) is 0.333. The van der Waals surface area contributed by atoms with Gasteiger partial charge in [0.15, 0.2) is 23.3 Å². The number of alkyl halides is 11. The van der Waals surface area contributed by atoms with E-state index in [0.29, 0.717) is 27.1 Å². The van der Waals surface area contributed by atoms with Crippen molar-refractivity contribution in [3.05, 3.63) is 68.1 Å². The quantitative estimate of drug-likeness (QED) is 0.154. The van der Waals surface area contributed by atoms with Gasteiger partial charge in [0.25, 0.3) is 0 Å². The van der Waals surface area contributed by atoms with Crippen molar-refractivity contribution in [1.82, 2.24) is 0 Å². The van der Waals surface area contributed by atoms with Crippen LogP contribution >= 0.6 is 31.9 Å². The molecule has 0 unspecified atom stereocenters. The van der Waals surface area contributed by atoms with E-state index in [-0.39, 0.29) is 5.56 Å². The molecule has 0 aliphatic heterocycles. The predicted molar refractivity (Wildman–Crippen MR) is 125 cm³/mol. The van der Waals surface area contributed by atoms with Gasteiger partial charge < -0.3 is 0 Å². The largest absolute Gasteiger partial charge is 0.461 e. The summed E-state index contributed by atoms with van der Waals surface area (Å²) in [5.74, 6) is -35.2. The minimum Gasteiger partial charge on any atom is -0.298 e. The Kier molecular flexibility index (Phi) is 10.4. The molecular weight excluding hydrogens is 759 g/mol. The Hall–Kier alpha value is -2.83. The van der Waals surface area contributed by atoms with Crippen LogP contribution in [0.4, 0.5) is 57.1 Å². The lowest BCUT2D eigenvalue weighted by atomic mass is 9.69. The summed E-state index contributed by atoms with van der Waals surface area (Å²) in [6, 6.07) is 5.23. The molecule has 0 N–H and O–H groups in total. The van der Waals surface area contributed by atoms with Crippen LogP contribution in [0.15, 0.2) is 45.3 Å². The van der Waals surface area contributed by atoms with Crippen LogP contribution in [0.2, 0.25) is 0 Å². The second-order valence-electron chi connectivity index (χ2n) is 8.73. The zero-order valence-corrected chi connectivity index (χ0v) is 23.4. The van der Waals surface area contributed by atoms with Crippen molar-refractivity contribution in [3.63, 3.8) is 0 Å². The summed E-state index contributed by atoms with van der Waals surface area (Å²) >= 11 is 6.05. The molecule has 1 saturated carbocycles. The third-order valence-electron chi connectivity index (χ3n) is 5.62. The summed E-state index contributed by atoms with van der Waals surface area (Å²) in [6.07, 6.45) is -9.16. The van der Waals surface area contributed by atoms with Gasteiger partial charge in [-0.15, -0.1) is 0 Å². The molecule has 0 saturated heterocycles. The SMILES string of the molecule is O=C(CC(=O)C(F)(F)C(F)(F)F)c1cc(Br)cc(Br)c1.O=C(CC(=O)C1C(F)(F)C(F)(F)C1(F)F)c1cc(F)cc(F)c1. The summed E-state index contributed by atoms with van der Waals surface area (Å²) in [5, 5.41) is 0. The minimum absolute atomic E-state index is 0.155. The van der Waals surface area contributed by atoms with E-state index < -0.39 is 89.0 Å². The van der Waals surface area contributed by atoms with Crippen molar-refractivity contribution in [2.75, 3.05) is 0 Å². The Morgan fingerprint density at radius 2 is 1.05 bits per heavy atom. The maximum absolute atomic E-state index is 13.0. The molecule has 19 heteroatoms. The molecule has 2 aromatic rings. The summed E-state index contributed by atoms with van der Waals surface area (Å²) < 4.78 is 165. The summed E-state index contributed by atoms with van der Waals surface area (Å²) in [5.41, 5.74) is -0.925. The van der Waals surface area contributed by atoms with Gasteiger partial charge in [0.1, 0.15) is 11.6 Å². The highest BCUT2D eigenvalue weighted by atomic mass is 79.9. The number of Topliss-reactive ketones (excluding diaryl/α,β-unsaturated/α-hetero) is 4. The fourth-order valence-corrected chi connectivity index (χ4v) is 4.74. The highest BCUT2D eigenvalue weighted by Crippen LogP contribution is 2.65. The summed E-state index contributed by atoms with van der Waals surface area (Å²) in [4.78, 5) is 45.5. The van der Waals surface area contributed by atoms with Crippen LogP contribution in [0.3, 0.4) is 0 Å². The lowest BCUT2D eigenvalue weighted by Crippen LogP contribution is -2.76. The highest BCUT2D eigenvalue weighted by molar-refractivity contribution is 9.11. The Balaban J connectivity index is 0.000000304. The van der Waals surface area contributed by atoms with Gasteiger partial charge in [-0.3, -0.25) is 19.2 Å². The zero-order chi connectivity index (χ0) is 33.5. The van der Waals surface area contributed by atoms with Crippen LogP contribution in [-0.4, -0.2) is 53.0 Å². The van der Waals surface area contributed by atoms with E-state index in [1.165, 1.54) is 18.2 Å². The maximum Gasteiger partial charge on any atom is 0.461 e. The van der Waals surface area contributed by atoms with E-state index in [2.05, 4.69) is 31.9 Å². The number of hydrogen-bond donors (Lipinski definition) is 0. The first-order valence-electron chi connectivity index (χ1n) is 10.9. The van der Waals surface area contributed by atoms with Gasteiger partial charge in [-0.05, 0) is 30.3 Å². The van der Waals surface area contributed by atoms with E-state index in [1.807, 2.05) is 0 Å². The van der Waals surface area contributed by atoms with Gasteiger partial charge in [-0.25, -0.2) is 8.78 Å². The summed E-state index contributed by atoms with van der Waals surface area (Å²) in [6.45, 7) is 0. The van der Waals surface area contributed by atoms with Crippen LogP contribution < -0.4 is 0 Å². The molecule has 3 rings (SSSR count). The Morgan fingerprint density at radius 1 is 0.651 bits per heavy atom. The lowest BCUT2D eigenvalue weighted by molar-refractivity contribution is -0.423. The molecule has 4 nitrogen and oxygen atoms in total. The van der Waals surface area contributed by atoms with Crippen LogP contribution in [0.1, 0.15) is 33.6 Å². The van der Waals surface area contributed by atoms with Gasteiger partial charge in [-0.1, -0.05) is 31.9 Å². The van der Waals surface area contributed by atoms with Gasteiger partial charge >= 0.3 is 29.9 Å². The topological polar surface area (TPSA) is 68.3 Å². The van der Waals surface area contributed by atoms with Crippen molar-refractivity contribution in [2.24, 2.45) is 5.92 Å². The normalized spacial score (nSPS) is 17.3. The summed E-state index contributed by atoms with van der Waals surface area (Å²) in [7, 11) is 0. The van der Waals surface area contributed by atoms with Crippen molar-refractivity contribution in [1.29, 1.82) is 0 Å². The molecule has 0 aromatic heterocycles.